The summed E-state index contributed by atoms with van der Waals surface area (Å²) in [6, 6.07) is 4.29. The van der Waals surface area contributed by atoms with Crippen LogP contribution in [-0.4, -0.2) is 9.78 Å². The third kappa shape index (κ3) is 2.84. The number of aromatic nitrogens is 2. The van der Waals surface area contributed by atoms with Gasteiger partial charge in [-0.1, -0.05) is 17.7 Å². The summed E-state index contributed by atoms with van der Waals surface area (Å²) >= 11 is 5.94. The maximum atomic E-state index is 12.9. The lowest BCUT2D eigenvalue weighted by atomic mass is 10.2. The quantitative estimate of drug-likeness (QED) is 0.914. The molecule has 1 unspecified atom stereocenters. The van der Waals surface area contributed by atoms with Crippen LogP contribution in [0.4, 0.5) is 4.39 Å². The van der Waals surface area contributed by atoms with Gasteiger partial charge >= 0.3 is 0 Å². The second-order valence-corrected chi connectivity index (χ2v) is 4.40. The van der Waals surface area contributed by atoms with E-state index in [-0.39, 0.29) is 11.9 Å². The van der Waals surface area contributed by atoms with E-state index in [0.717, 1.165) is 11.1 Å². The van der Waals surface area contributed by atoms with Crippen LogP contribution in [0.3, 0.4) is 0 Å². The van der Waals surface area contributed by atoms with Crippen LogP contribution in [0.2, 0.25) is 5.02 Å². The van der Waals surface area contributed by atoms with E-state index in [1.165, 1.54) is 12.1 Å². The first-order valence-corrected chi connectivity index (χ1v) is 5.66. The molecule has 3 nitrogen and oxygen atoms in total. The molecule has 0 aliphatic carbocycles. The Morgan fingerprint density at radius 3 is 2.88 bits per heavy atom. The van der Waals surface area contributed by atoms with E-state index in [1.54, 1.807) is 16.9 Å². The molecule has 2 aromatic rings. The Labute approximate surface area is 104 Å². The first-order chi connectivity index (χ1) is 8.06. The highest BCUT2D eigenvalue weighted by atomic mass is 35.5. The first-order valence-electron chi connectivity index (χ1n) is 5.28. The summed E-state index contributed by atoms with van der Waals surface area (Å²) in [6.07, 6.45) is 3.59. The molecule has 17 heavy (non-hydrogen) atoms. The molecule has 1 aromatic heterocycles. The van der Waals surface area contributed by atoms with Crippen molar-refractivity contribution in [1.82, 2.24) is 9.78 Å². The van der Waals surface area contributed by atoms with E-state index in [0.29, 0.717) is 11.6 Å². The van der Waals surface area contributed by atoms with Crippen LogP contribution in [0.1, 0.15) is 24.1 Å². The largest absolute Gasteiger partial charge is 0.324 e. The van der Waals surface area contributed by atoms with Gasteiger partial charge in [0.05, 0.1) is 12.7 Å². The van der Waals surface area contributed by atoms with Crippen molar-refractivity contribution < 1.29 is 4.39 Å². The highest BCUT2D eigenvalue weighted by molar-refractivity contribution is 6.31. The van der Waals surface area contributed by atoms with Crippen molar-refractivity contribution in [2.24, 2.45) is 5.73 Å². The minimum atomic E-state index is -0.338. The van der Waals surface area contributed by atoms with Crippen molar-refractivity contribution in [3.05, 3.63) is 52.6 Å². The molecule has 0 amide bonds. The molecule has 1 atom stereocenters. The van der Waals surface area contributed by atoms with Crippen LogP contribution in [0, 0.1) is 5.82 Å². The zero-order valence-electron chi connectivity index (χ0n) is 9.40. The van der Waals surface area contributed by atoms with Crippen molar-refractivity contribution in [3.8, 4) is 0 Å². The molecule has 0 saturated carbocycles. The lowest BCUT2D eigenvalue weighted by molar-refractivity contribution is 0.624. The number of nitrogens with two attached hydrogens (primary N) is 1. The van der Waals surface area contributed by atoms with Gasteiger partial charge in [-0.15, -0.1) is 0 Å². The standard InChI is InChI=1S/C12H13ClFN3/c1-8(15)10-5-16-17(7-10)6-9-2-3-11(14)4-12(9)13/h2-5,7-8H,6,15H2,1H3. The lowest BCUT2D eigenvalue weighted by Gasteiger charge is -2.04. The Morgan fingerprint density at radius 2 is 2.29 bits per heavy atom. The Kier molecular flexibility index (Phi) is 3.45. The number of rotatable bonds is 3. The normalized spacial score (nSPS) is 12.7. The van der Waals surface area contributed by atoms with Gasteiger partial charge in [-0.05, 0) is 24.6 Å². The molecule has 0 fully saturated rings. The fourth-order valence-electron chi connectivity index (χ4n) is 1.53. The molecular formula is C12H13ClFN3. The number of halogens is 2. The van der Waals surface area contributed by atoms with Crippen molar-refractivity contribution in [2.75, 3.05) is 0 Å². The minimum Gasteiger partial charge on any atom is -0.324 e. The monoisotopic (exact) mass is 253 g/mol. The highest BCUT2D eigenvalue weighted by Gasteiger charge is 2.06. The third-order valence-corrected chi connectivity index (χ3v) is 2.88. The van der Waals surface area contributed by atoms with Crippen LogP contribution in [0.5, 0.6) is 0 Å². The smallest absolute Gasteiger partial charge is 0.124 e. The van der Waals surface area contributed by atoms with Crippen molar-refractivity contribution in [1.29, 1.82) is 0 Å². The zero-order chi connectivity index (χ0) is 12.4. The van der Waals surface area contributed by atoms with Crippen LogP contribution < -0.4 is 5.73 Å². The number of benzene rings is 1. The van der Waals surface area contributed by atoms with Gasteiger partial charge in [0.15, 0.2) is 0 Å². The number of hydrogen-bond donors (Lipinski definition) is 1. The average Bonchev–Trinajstić information content (AvgIpc) is 2.71. The van der Waals surface area contributed by atoms with Crippen LogP contribution >= 0.6 is 11.6 Å². The van der Waals surface area contributed by atoms with Gasteiger partial charge in [0.2, 0.25) is 0 Å². The maximum Gasteiger partial charge on any atom is 0.124 e. The summed E-state index contributed by atoms with van der Waals surface area (Å²) in [6.45, 7) is 2.40. The Morgan fingerprint density at radius 1 is 1.53 bits per heavy atom. The van der Waals surface area contributed by atoms with Crippen LogP contribution in [0.25, 0.3) is 0 Å². The third-order valence-electron chi connectivity index (χ3n) is 2.53. The molecule has 1 aromatic carbocycles. The summed E-state index contributed by atoms with van der Waals surface area (Å²) < 4.78 is 14.6. The van der Waals surface area contributed by atoms with Gasteiger partial charge in [0, 0.05) is 22.8 Å². The molecule has 1 heterocycles. The van der Waals surface area contributed by atoms with E-state index in [1.807, 2.05) is 13.1 Å². The first kappa shape index (κ1) is 12.1. The fourth-order valence-corrected chi connectivity index (χ4v) is 1.75. The van der Waals surface area contributed by atoms with Crippen molar-refractivity contribution >= 4 is 11.6 Å². The van der Waals surface area contributed by atoms with Crippen molar-refractivity contribution in [2.45, 2.75) is 19.5 Å². The van der Waals surface area contributed by atoms with Crippen LogP contribution in [0.15, 0.2) is 30.6 Å². The van der Waals surface area contributed by atoms with E-state index in [4.69, 9.17) is 17.3 Å². The van der Waals surface area contributed by atoms with Gasteiger partial charge in [-0.2, -0.15) is 5.10 Å². The summed E-state index contributed by atoms with van der Waals surface area (Å²) in [4.78, 5) is 0. The molecule has 0 bridgehead atoms. The summed E-state index contributed by atoms with van der Waals surface area (Å²) in [5, 5.41) is 4.59. The second kappa shape index (κ2) is 4.85. The fraction of sp³-hybridized carbons (Fsp3) is 0.250. The van der Waals surface area contributed by atoms with Gasteiger partial charge < -0.3 is 5.73 Å². The van der Waals surface area contributed by atoms with E-state index in [9.17, 15) is 4.39 Å². The van der Waals surface area contributed by atoms with Gasteiger partial charge in [0.25, 0.3) is 0 Å². The molecule has 0 aliphatic rings. The second-order valence-electron chi connectivity index (χ2n) is 4.00. The Balaban J connectivity index is 2.19. The number of hydrogen-bond acceptors (Lipinski definition) is 2. The predicted molar refractivity (Wildman–Crippen MR) is 65.3 cm³/mol. The molecule has 5 heteroatoms. The summed E-state index contributed by atoms with van der Waals surface area (Å²) in [5.74, 6) is -0.338. The zero-order valence-corrected chi connectivity index (χ0v) is 10.2. The number of nitrogens with zero attached hydrogens (tertiary/aromatic N) is 2. The van der Waals surface area contributed by atoms with E-state index in [2.05, 4.69) is 5.10 Å². The molecule has 0 spiro atoms. The lowest BCUT2D eigenvalue weighted by Crippen LogP contribution is -2.04. The topological polar surface area (TPSA) is 43.8 Å². The maximum absolute atomic E-state index is 12.9. The minimum absolute atomic E-state index is 0.0487. The van der Waals surface area contributed by atoms with E-state index >= 15 is 0 Å². The summed E-state index contributed by atoms with van der Waals surface area (Å²) in [7, 11) is 0. The molecule has 90 valence electrons. The average molecular weight is 254 g/mol. The molecule has 0 aliphatic heterocycles. The Bertz CT molecular complexity index is 522. The van der Waals surface area contributed by atoms with Crippen LogP contribution in [-0.2, 0) is 6.54 Å². The highest BCUT2D eigenvalue weighted by Crippen LogP contribution is 2.18. The Hall–Kier alpha value is -1.39. The SMILES string of the molecule is CC(N)c1cnn(Cc2ccc(F)cc2Cl)c1. The molecule has 0 radical (unpaired) electrons. The van der Waals surface area contributed by atoms with Gasteiger partial charge in [-0.25, -0.2) is 4.39 Å². The van der Waals surface area contributed by atoms with Gasteiger partial charge in [0.1, 0.15) is 5.82 Å². The molecule has 2 rings (SSSR count). The molecule has 2 N–H and O–H groups in total. The van der Waals surface area contributed by atoms with Crippen molar-refractivity contribution in [3.63, 3.8) is 0 Å². The predicted octanol–water partition coefficient (Wildman–Crippen LogP) is 2.74. The van der Waals surface area contributed by atoms with Gasteiger partial charge in [-0.3, -0.25) is 4.68 Å². The van der Waals surface area contributed by atoms with E-state index < -0.39 is 0 Å². The molecule has 0 saturated heterocycles. The summed E-state index contributed by atoms with van der Waals surface area (Å²) in [5.41, 5.74) is 7.53. The molecular weight excluding hydrogens is 241 g/mol.